The first kappa shape index (κ1) is 16.9. The topological polar surface area (TPSA) is 47.6 Å². The molecular formula is C15H13BrN2S2. The van der Waals surface area contributed by atoms with Crippen molar-refractivity contribution < 1.29 is 0 Å². The molecule has 0 bridgehead atoms. The Kier molecular flexibility index (Phi) is 7.54. The average molecular weight is 365 g/mol. The van der Waals surface area contributed by atoms with Crippen LogP contribution in [0.2, 0.25) is 0 Å². The smallest absolute Gasteiger partial charge is 0.137 e. The highest BCUT2D eigenvalue weighted by atomic mass is 79.9. The minimum absolute atomic E-state index is 0.145. The van der Waals surface area contributed by atoms with Crippen molar-refractivity contribution in [3.05, 3.63) is 51.3 Å². The predicted octanol–water partition coefficient (Wildman–Crippen LogP) is 4.82. The van der Waals surface area contributed by atoms with E-state index in [1.165, 1.54) is 0 Å². The highest BCUT2D eigenvalue weighted by Crippen LogP contribution is 2.37. The van der Waals surface area contributed by atoms with E-state index in [4.69, 9.17) is 0 Å². The van der Waals surface area contributed by atoms with Crippen LogP contribution in [0, 0.1) is 22.7 Å². The molecule has 0 heterocycles. The van der Waals surface area contributed by atoms with Gasteiger partial charge in [-0.25, -0.2) is 0 Å². The van der Waals surface area contributed by atoms with Crippen LogP contribution in [-0.2, 0) is 0 Å². The average Bonchev–Trinajstić information content (AvgIpc) is 2.51. The van der Waals surface area contributed by atoms with Crippen molar-refractivity contribution in [3.8, 4) is 12.1 Å². The maximum Gasteiger partial charge on any atom is 0.137 e. The van der Waals surface area contributed by atoms with Crippen LogP contribution in [-0.4, -0.2) is 17.8 Å². The molecule has 20 heavy (non-hydrogen) atoms. The van der Waals surface area contributed by atoms with Crippen LogP contribution in [0.4, 0.5) is 0 Å². The molecule has 1 aromatic rings. The van der Waals surface area contributed by atoms with Crippen LogP contribution in [0.5, 0.6) is 0 Å². The first-order chi connectivity index (χ1) is 9.73. The van der Waals surface area contributed by atoms with Gasteiger partial charge in [-0.2, -0.15) is 10.5 Å². The molecule has 0 unspecified atom stereocenters. The zero-order valence-corrected chi connectivity index (χ0v) is 14.4. The van der Waals surface area contributed by atoms with Crippen LogP contribution in [0.3, 0.4) is 0 Å². The maximum absolute atomic E-state index is 9.25. The molecule has 0 radical (unpaired) electrons. The molecule has 0 aliphatic heterocycles. The molecule has 0 saturated heterocycles. The summed E-state index contributed by atoms with van der Waals surface area (Å²) in [6.45, 7) is 0. The molecule has 102 valence electrons. The zero-order chi connectivity index (χ0) is 15.0. The molecule has 0 N–H and O–H groups in total. The second kappa shape index (κ2) is 8.92. The number of rotatable bonds is 5. The van der Waals surface area contributed by atoms with Crippen LogP contribution in [0.1, 0.15) is 5.56 Å². The Morgan fingerprint density at radius 2 is 1.65 bits per heavy atom. The molecule has 0 aliphatic carbocycles. The summed E-state index contributed by atoms with van der Waals surface area (Å²) < 4.78 is 1.10. The molecule has 0 atom stereocenters. The molecule has 1 rings (SSSR count). The lowest BCUT2D eigenvalue weighted by atomic mass is 9.95. The second-order valence-electron chi connectivity index (χ2n) is 3.65. The van der Waals surface area contributed by atoms with E-state index in [1.807, 2.05) is 55.0 Å². The summed E-state index contributed by atoms with van der Waals surface area (Å²) in [6.07, 6.45) is 3.99. The number of hydrogen-bond donors (Lipinski definition) is 0. The third-order valence-electron chi connectivity index (χ3n) is 2.59. The second-order valence-corrected chi connectivity index (χ2v) is 6.10. The summed E-state index contributed by atoms with van der Waals surface area (Å²) in [5.74, 6) is 0. The fourth-order valence-electron chi connectivity index (χ4n) is 1.76. The van der Waals surface area contributed by atoms with Gasteiger partial charge in [0.15, 0.2) is 0 Å². The summed E-state index contributed by atoms with van der Waals surface area (Å²) >= 11 is 6.73. The number of nitriles is 2. The number of thioether (sulfide) groups is 2. The summed E-state index contributed by atoms with van der Waals surface area (Å²) in [5.41, 5.74) is 2.73. The van der Waals surface area contributed by atoms with Crippen molar-refractivity contribution in [2.24, 2.45) is 0 Å². The number of hydrogen-bond acceptors (Lipinski definition) is 4. The maximum atomic E-state index is 9.25. The number of alkyl halides is 1. The fourth-order valence-corrected chi connectivity index (χ4v) is 4.20. The molecule has 2 nitrogen and oxygen atoms in total. The van der Waals surface area contributed by atoms with Gasteiger partial charge in [-0.3, -0.25) is 0 Å². The lowest BCUT2D eigenvalue weighted by Crippen LogP contribution is -1.98. The lowest BCUT2D eigenvalue weighted by Gasteiger charge is -2.14. The van der Waals surface area contributed by atoms with Crippen LogP contribution in [0.25, 0.3) is 5.57 Å². The van der Waals surface area contributed by atoms with Crippen molar-refractivity contribution in [3.63, 3.8) is 0 Å². The van der Waals surface area contributed by atoms with Gasteiger partial charge in [-0.05, 0) is 23.6 Å². The minimum atomic E-state index is 0.145. The van der Waals surface area contributed by atoms with Gasteiger partial charge in [0.25, 0.3) is 0 Å². The van der Waals surface area contributed by atoms with Gasteiger partial charge < -0.3 is 0 Å². The Balaban J connectivity index is 3.66. The van der Waals surface area contributed by atoms with Gasteiger partial charge in [0.2, 0.25) is 0 Å². The molecule has 5 heteroatoms. The standard InChI is InChI=1S/C15H13BrN2S2/c1-19-15(20-2)13(8-16)14(12(9-17)10-18)11-6-4-3-5-7-11/h3-7H,8H2,1-2H3. The number of halogens is 1. The first-order valence-electron chi connectivity index (χ1n) is 5.70. The van der Waals surface area contributed by atoms with Gasteiger partial charge in [0.05, 0.1) is 0 Å². The summed E-state index contributed by atoms with van der Waals surface area (Å²) in [6, 6.07) is 13.6. The highest BCUT2D eigenvalue weighted by molar-refractivity contribution is 9.09. The zero-order valence-electron chi connectivity index (χ0n) is 11.2. The van der Waals surface area contributed by atoms with Crippen molar-refractivity contribution in [1.29, 1.82) is 10.5 Å². The van der Waals surface area contributed by atoms with Crippen molar-refractivity contribution in [2.45, 2.75) is 0 Å². The predicted molar refractivity (Wildman–Crippen MR) is 92.4 cm³/mol. The third kappa shape index (κ3) is 3.93. The Morgan fingerprint density at radius 3 is 2.05 bits per heavy atom. The van der Waals surface area contributed by atoms with Gasteiger partial charge in [-0.15, -0.1) is 23.5 Å². The Labute approximate surface area is 136 Å². The lowest BCUT2D eigenvalue weighted by molar-refractivity contribution is 1.43. The highest BCUT2D eigenvalue weighted by Gasteiger charge is 2.17. The molecule has 0 aromatic heterocycles. The summed E-state index contributed by atoms with van der Waals surface area (Å²) in [4.78, 5) is 0. The molecular weight excluding hydrogens is 352 g/mol. The Bertz CT molecular complexity index is 585. The fraction of sp³-hybridized carbons (Fsp3) is 0.200. The van der Waals surface area contributed by atoms with Crippen molar-refractivity contribution in [1.82, 2.24) is 0 Å². The van der Waals surface area contributed by atoms with Crippen LogP contribution >= 0.6 is 39.5 Å². The van der Waals surface area contributed by atoms with E-state index >= 15 is 0 Å². The SMILES string of the molecule is CSC(SC)=C(CBr)C(=C(C#N)C#N)c1ccccc1. The molecule has 0 fully saturated rings. The normalized spacial score (nSPS) is 9.25. The van der Waals surface area contributed by atoms with Crippen molar-refractivity contribution >= 4 is 45.0 Å². The monoisotopic (exact) mass is 364 g/mol. The van der Waals surface area contributed by atoms with Gasteiger partial charge >= 0.3 is 0 Å². The molecule has 0 aliphatic rings. The Morgan fingerprint density at radius 1 is 1.10 bits per heavy atom. The number of nitrogens with zero attached hydrogens (tertiary/aromatic N) is 2. The van der Waals surface area contributed by atoms with E-state index in [2.05, 4.69) is 15.9 Å². The first-order valence-corrected chi connectivity index (χ1v) is 9.27. The molecule has 0 spiro atoms. The summed E-state index contributed by atoms with van der Waals surface area (Å²) in [7, 11) is 0. The van der Waals surface area contributed by atoms with E-state index in [1.54, 1.807) is 23.5 Å². The minimum Gasteiger partial charge on any atom is -0.192 e. The quantitative estimate of drug-likeness (QED) is 0.426. The van der Waals surface area contributed by atoms with Crippen molar-refractivity contribution in [2.75, 3.05) is 17.8 Å². The van der Waals surface area contributed by atoms with Crippen LogP contribution in [0.15, 0.2) is 45.7 Å². The summed E-state index contributed by atoms with van der Waals surface area (Å²) in [5, 5.41) is 19.1. The molecule has 0 amide bonds. The van der Waals surface area contributed by atoms with Crippen LogP contribution < -0.4 is 0 Å². The van der Waals surface area contributed by atoms with Gasteiger partial charge in [0, 0.05) is 15.1 Å². The molecule has 0 saturated carbocycles. The van der Waals surface area contributed by atoms with Gasteiger partial charge in [0.1, 0.15) is 17.7 Å². The molecule has 1 aromatic carbocycles. The Hall–Kier alpha value is -1.14. The van der Waals surface area contributed by atoms with E-state index < -0.39 is 0 Å². The number of allylic oxidation sites excluding steroid dienone is 3. The van der Waals surface area contributed by atoms with E-state index in [0.29, 0.717) is 10.9 Å². The largest absolute Gasteiger partial charge is 0.192 e. The third-order valence-corrected chi connectivity index (χ3v) is 5.38. The van der Waals surface area contributed by atoms with E-state index in [0.717, 1.165) is 15.4 Å². The van der Waals surface area contributed by atoms with E-state index in [-0.39, 0.29) is 5.57 Å². The van der Waals surface area contributed by atoms with Gasteiger partial charge in [-0.1, -0.05) is 46.3 Å². The number of benzene rings is 1. The van der Waals surface area contributed by atoms with E-state index in [9.17, 15) is 10.5 Å².